The molecular formula is C40H43F3N6O5. The van der Waals surface area contributed by atoms with E-state index in [0.717, 1.165) is 50.2 Å². The normalized spacial score (nSPS) is 12.9. The van der Waals surface area contributed by atoms with Crippen LogP contribution in [0.1, 0.15) is 67.9 Å². The lowest BCUT2D eigenvalue weighted by atomic mass is 10.0. The maximum Gasteiger partial charge on any atom is 0.416 e. The number of aromatic nitrogens is 1. The Bertz CT molecular complexity index is 1960. The van der Waals surface area contributed by atoms with Gasteiger partial charge in [0.2, 0.25) is 5.91 Å². The number of rotatable bonds is 14. The van der Waals surface area contributed by atoms with Gasteiger partial charge in [-0.15, -0.1) is 0 Å². The molecule has 11 nitrogen and oxygen atoms in total. The second-order valence-corrected chi connectivity index (χ2v) is 12.9. The zero-order valence-electron chi connectivity index (χ0n) is 30.2. The number of carbonyl (C=O) groups is 4. The molecule has 1 fully saturated rings. The number of halogens is 3. The molecule has 0 aliphatic carbocycles. The molecule has 0 radical (unpaired) electrons. The first-order valence-electron chi connectivity index (χ1n) is 17.6. The largest absolute Gasteiger partial charge is 0.416 e. The van der Waals surface area contributed by atoms with Crippen LogP contribution in [0.2, 0.25) is 0 Å². The number of ether oxygens (including phenoxy) is 1. The molecule has 1 saturated heterocycles. The van der Waals surface area contributed by atoms with Crippen molar-refractivity contribution in [3.63, 3.8) is 0 Å². The maximum absolute atomic E-state index is 13.7. The zero-order valence-corrected chi connectivity index (χ0v) is 30.2. The molecule has 14 heteroatoms. The smallest absolute Gasteiger partial charge is 0.383 e. The molecule has 4 amide bonds. The number of pyridine rings is 1. The Morgan fingerprint density at radius 1 is 0.852 bits per heavy atom. The van der Waals surface area contributed by atoms with Gasteiger partial charge >= 0.3 is 6.18 Å². The molecule has 0 atom stereocenters. The molecule has 1 aliphatic heterocycles. The number of anilines is 2. The maximum atomic E-state index is 13.7. The molecule has 3 aromatic carbocycles. The summed E-state index contributed by atoms with van der Waals surface area (Å²) in [7, 11) is 3.12. The summed E-state index contributed by atoms with van der Waals surface area (Å²) in [5.41, 5.74) is 2.52. The van der Waals surface area contributed by atoms with Gasteiger partial charge in [0.05, 0.1) is 23.6 Å². The van der Waals surface area contributed by atoms with Crippen LogP contribution in [-0.4, -0.2) is 80.5 Å². The standard InChI is InChI=1S/C40H43F3N6O5/c1-48(20-15-36(50)45-17-21-54-2)39(53)30-10-7-9-28(23-30)38(52)47-34-13-12-32(49-18-4-3-5-19-49)25-33(34)35-24-29(14-16-44-35)37(51)46-26-27-8-6-11-31(22-27)40(41,42)43/h6-14,16,22-25H,3-5,15,17-21,26H2,1-2H3,(H,45,50)(H,46,51)(H,47,52). The number of hydrogen-bond acceptors (Lipinski definition) is 7. The summed E-state index contributed by atoms with van der Waals surface area (Å²) in [6.07, 6.45) is 0.284. The van der Waals surface area contributed by atoms with Gasteiger partial charge in [0, 0.05) is 87.4 Å². The van der Waals surface area contributed by atoms with Gasteiger partial charge < -0.3 is 30.5 Å². The minimum atomic E-state index is -4.50. The second kappa shape index (κ2) is 18.3. The molecular weight excluding hydrogens is 701 g/mol. The Morgan fingerprint density at radius 2 is 1.59 bits per heavy atom. The highest BCUT2D eigenvalue weighted by molar-refractivity contribution is 6.08. The molecule has 1 aliphatic rings. The predicted molar refractivity (Wildman–Crippen MR) is 199 cm³/mol. The minimum absolute atomic E-state index is 0.106. The second-order valence-electron chi connectivity index (χ2n) is 12.9. The van der Waals surface area contributed by atoms with E-state index in [0.29, 0.717) is 35.7 Å². The number of carbonyl (C=O) groups excluding carboxylic acids is 4. The molecule has 5 rings (SSSR count). The van der Waals surface area contributed by atoms with E-state index >= 15 is 0 Å². The number of hydrogen-bond donors (Lipinski definition) is 3. The van der Waals surface area contributed by atoms with Crippen LogP contribution in [0.5, 0.6) is 0 Å². The number of amides is 4. The summed E-state index contributed by atoms with van der Waals surface area (Å²) < 4.78 is 44.5. The Kier molecular flexibility index (Phi) is 13.4. The Labute approximate surface area is 311 Å². The van der Waals surface area contributed by atoms with Crippen LogP contribution in [0.15, 0.2) is 85.1 Å². The highest BCUT2D eigenvalue weighted by Crippen LogP contribution is 2.33. The minimum Gasteiger partial charge on any atom is -0.383 e. The van der Waals surface area contributed by atoms with E-state index in [4.69, 9.17) is 4.74 Å². The summed E-state index contributed by atoms with van der Waals surface area (Å²) in [6, 6.07) is 19.7. The van der Waals surface area contributed by atoms with Crippen molar-refractivity contribution in [1.82, 2.24) is 20.5 Å². The summed E-state index contributed by atoms with van der Waals surface area (Å²) >= 11 is 0. The molecule has 284 valence electrons. The van der Waals surface area contributed by atoms with Gasteiger partial charge in [-0.25, -0.2) is 0 Å². The Balaban J connectivity index is 1.34. The lowest BCUT2D eigenvalue weighted by Crippen LogP contribution is -2.33. The number of nitrogens with one attached hydrogen (secondary N) is 3. The van der Waals surface area contributed by atoms with Crippen LogP contribution in [0.3, 0.4) is 0 Å². The van der Waals surface area contributed by atoms with E-state index in [2.05, 4.69) is 25.8 Å². The van der Waals surface area contributed by atoms with Crippen LogP contribution in [0.25, 0.3) is 11.3 Å². The van der Waals surface area contributed by atoms with Crippen molar-refractivity contribution in [2.45, 2.75) is 38.4 Å². The van der Waals surface area contributed by atoms with Gasteiger partial charge in [-0.05, 0) is 85.5 Å². The third-order valence-electron chi connectivity index (χ3n) is 9.00. The van der Waals surface area contributed by atoms with Crippen molar-refractivity contribution in [1.29, 1.82) is 0 Å². The zero-order chi connectivity index (χ0) is 38.7. The molecule has 0 spiro atoms. The molecule has 1 aromatic heterocycles. The van der Waals surface area contributed by atoms with Gasteiger partial charge in [0.1, 0.15) is 0 Å². The summed E-state index contributed by atoms with van der Waals surface area (Å²) in [6.45, 7) is 2.54. The number of methoxy groups -OCH3 is 1. The Morgan fingerprint density at radius 3 is 2.35 bits per heavy atom. The third-order valence-corrected chi connectivity index (χ3v) is 9.00. The van der Waals surface area contributed by atoms with Crippen molar-refractivity contribution in [2.24, 2.45) is 0 Å². The molecule has 3 N–H and O–H groups in total. The summed E-state index contributed by atoms with van der Waals surface area (Å²) in [5.74, 6) is -1.55. The highest BCUT2D eigenvalue weighted by atomic mass is 19.4. The number of alkyl halides is 3. The number of piperidine rings is 1. The number of benzene rings is 3. The summed E-state index contributed by atoms with van der Waals surface area (Å²) in [5, 5.41) is 8.35. The molecule has 54 heavy (non-hydrogen) atoms. The fourth-order valence-corrected chi connectivity index (χ4v) is 6.02. The first kappa shape index (κ1) is 39.4. The quantitative estimate of drug-likeness (QED) is 0.132. The van der Waals surface area contributed by atoms with E-state index in [1.807, 2.05) is 12.1 Å². The summed E-state index contributed by atoms with van der Waals surface area (Å²) in [4.78, 5) is 60.4. The lowest BCUT2D eigenvalue weighted by Gasteiger charge is -2.29. The van der Waals surface area contributed by atoms with E-state index in [-0.39, 0.29) is 48.0 Å². The SMILES string of the molecule is COCCNC(=O)CCN(C)C(=O)c1cccc(C(=O)Nc2ccc(N3CCCCC3)cc2-c2cc(C(=O)NCc3cccc(C(F)(F)F)c3)ccn2)c1. The average molecular weight is 745 g/mol. The third kappa shape index (κ3) is 10.7. The van der Waals surface area contributed by atoms with Crippen LogP contribution in [0.4, 0.5) is 24.5 Å². The van der Waals surface area contributed by atoms with Gasteiger partial charge in [0.25, 0.3) is 17.7 Å². The van der Waals surface area contributed by atoms with Crippen molar-refractivity contribution in [2.75, 3.05) is 57.2 Å². The van der Waals surface area contributed by atoms with Gasteiger partial charge in [-0.3, -0.25) is 24.2 Å². The molecule has 2 heterocycles. The fraction of sp³-hybridized carbons (Fsp3) is 0.325. The van der Waals surface area contributed by atoms with E-state index in [9.17, 15) is 32.3 Å². The molecule has 0 bridgehead atoms. The highest BCUT2D eigenvalue weighted by Gasteiger charge is 2.30. The van der Waals surface area contributed by atoms with Gasteiger partial charge in [0.15, 0.2) is 0 Å². The van der Waals surface area contributed by atoms with Crippen molar-refractivity contribution in [3.05, 3.63) is 113 Å². The van der Waals surface area contributed by atoms with E-state index in [1.165, 1.54) is 42.5 Å². The lowest BCUT2D eigenvalue weighted by molar-refractivity contribution is -0.137. The van der Waals surface area contributed by atoms with E-state index in [1.54, 1.807) is 37.4 Å². The average Bonchev–Trinajstić information content (AvgIpc) is 3.19. The van der Waals surface area contributed by atoms with Crippen LogP contribution < -0.4 is 20.9 Å². The first-order valence-corrected chi connectivity index (χ1v) is 17.6. The Hall–Kier alpha value is -5.76. The molecule has 0 saturated carbocycles. The number of nitrogens with zero attached hydrogens (tertiary/aromatic N) is 3. The van der Waals surface area contributed by atoms with Gasteiger partial charge in [-0.2, -0.15) is 13.2 Å². The van der Waals surface area contributed by atoms with Crippen LogP contribution in [0, 0.1) is 0 Å². The van der Waals surface area contributed by atoms with Crippen LogP contribution in [-0.2, 0) is 22.3 Å². The first-order chi connectivity index (χ1) is 25.9. The predicted octanol–water partition coefficient (Wildman–Crippen LogP) is 6.16. The van der Waals surface area contributed by atoms with E-state index < -0.39 is 23.6 Å². The van der Waals surface area contributed by atoms with Crippen LogP contribution >= 0.6 is 0 Å². The van der Waals surface area contributed by atoms with Gasteiger partial charge in [-0.1, -0.05) is 18.2 Å². The monoisotopic (exact) mass is 744 g/mol. The van der Waals surface area contributed by atoms with Crippen molar-refractivity contribution < 1.29 is 37.1 Å². The molecule has 4 aromatic rings. The molecule has 0 unspecified atom stereocenters. The topological polar surface area (TPSA) is 133 Å². The van der Waals surface area contributed by atoms with Crippen molar-refractivity contribution in [3.8, 4) is 11.3 Å². The fourth-order valence-electron chi connectivity index (χ4n) is 6.02. The van der Waals surface area contributed by atoms with Crippen molar-refractivity contribution >= 4 is 35.0 Å².